The normalized spacial score (nSPS) is 15.2. The van der Waals surface area contributed by atoms with Gasteiger partial charge in [0, 0.05) is 37.4 Å². The molecule has 2 N–H and O–H groups in total. The van der Waals surface area contributed by atoms with Crippen LogP contribution in [0.15, 0.2) is 12.1 Å². The Morgan fingerprint density at radius 3 is 2.45 bits per heavy atom. The molecule has 0 saturated carbocycles. The summed E-state index contributed by atoms with van der Waals surface area (Å²) in [6.45, 7) is 12.2. The van der Waals surface area contributed by atoms with Gasteiger partial charge in [0.05, 0.1) is 5.56 Å². The lowest BCUT2D eigenvalue weighted by atomic mass is 10.0. The second kappa shape index (κ2) is 6.55. The molecule has 0 radical (unpaired) electrons. The number of carboxylic acid groups (broad SMARTS) is 1. The van der Waals surface area contributed by atoms with Crippen LogP contribution in [-0.4, -0.2) is 45.3 Å². The summed E-state index contributed by atoms with van der Waals surface area (Å²) in [6, 6.07) is 3.49. The van der Waals surface area contributed by atoms with E-state index >= 15 is 0 Å². The Hall–Kier alpha value is -1.77. The molecular weight excluding hydrogens is 292 g/mol. The van der Waals surface area contributed by atoms with Gasteiger partial charge in [0.1, 0.15) is 8.07 Å². The molecule has 0 bridgehead atoms. The summed E-state index contributed by atoms with van der Waals surface area (Å²) in [5.41, 5.74) is 6.58. The summed E-state index contributed by atoms with van der Waals surface area (Å²) in [6.07, 6.45) is 0. The number of carbonyl (C=O) groups is 1. The van der Waals surface area contributed by atoms with Gasteiger partial charge in [0.25, 0.3) is 0 Å². The van der Waals surface area contributed by atoms with E-state index in [4.69, 9.17) is 0 Å². The summed E-state index contributed by atoms with van der Waals surface area (Å²) in [4.78, 5) is 13.7. The zero-order chi connectivity index (χ0) is 16.3. The van der Waals surface area contributed by atoms with Crippen LogP contribution < -0.4 is 10.2 Å². The van der Waals surface area contributed by atoms with Crippen LogP contribution in [0.3, 0.4) is 0 Å². The van der Waals surface area contributed by atoms with E-state index < -0.39 is 14.0 Å². The number of aromatic carboxylic acids is 1. The van der Waals surface area contributed by atoms with Crippen LogP contribution in [-0.2, 0) is 0 Å². The van der Waals surface area contributed by atoms with Gasteiger partial charge in [-0.25, -0.2) is 4.79 Å². The largest absolute Gasteiger partial charge is 0.478 e. The zero-order valence-corrected chi connectivity index (χ0v) is 14.8. The lowest BCUT2D eigenvalue weighted by Crippen LogP contribution is -2.43. The lowest BCUT2D eigenvalue weighted by molar-refractivity contribution is 0.0697. The first-order chi connectivity index (χ1) is 10.3. The van der Waals surface area contributed by atoms with E-state index in [0.29, 0.717) is 5.56 Å². The first-order valence-corrected chi connectivity index (χ1v) is 11.1. The molecule has 1 fully saturated rings. The van der Waals surface area contributed by atoms with Crippen molar-refractivity contribution in [3.8, 4) is 11.5 Å². The molecule has 0 unspecified atom stereocenters. The fraction of sp³-hybridized carbons (Fsp3) is 0.471. The predicted octanol–water partition coefficient (Wildman–Crippen LogP) is 2.33. The number of nitrogens with zero attached hydrogens (tertiary/aromatic N) is 1. The summed E-state index contributed by atoms with van der Waals surface area (Å²) >= 11 is 0. The molecule has 0 aromatic heterocycles. The highest BCUT2D eigenvalue weighted by Gasteiger charge is 2.18. The van der Waals surface area contributed by atoms with Crippen molar-refractivity contribution in [2.24, 2.45) is 0 Å². The fourth-order valence-corrected chi connectivity index (χ4v) is 2.95. The minimum atomic E-state index is -1.50. The van der Waals surface area contributed by atoms with E-state index in [9.17, 15) is 9.90 Å². The van der Waals surface area contributed by atoms with Crippen molar-refractivity contribution >= 4 is 19.7 Å². The lowest BCUT2D eigenvalue weighted by Gasteiger charge is -2.31. The Morgan fingerprint density at radius 1 is 1.27 bits per heavy atom. The molecule has 5 heteroatoms. The van der Waals surface area contributed by atoms with Crippen LogP contribution >= 0.6 is 0 Å². The molecule has 1 aliphatic rings. The third-order valence-electron chi connectivity index (χ3n) is 3.66. The summed E-state index contributed by atoms with van der Waals surface area (Å²) in [7, 11) is -1.50. The Labute approximate surface area is 133 Å². The third kappa shape index (κ3) is 4.12. The van der Waals surface area contributed by atoms with E-state index in [-0.39, 0.29) is 0 Å². The topological polar surface area (TPSA) is 52.6 Å². The molecule has 22 heavy (non-hydrogen) atoms. The standard InChI is InChI=1S/C17H24N2O2Si/c1-13-14(5-10-22(2,3)4)11-15(17(20)21)12-16(13)19-8-6-18-7-9-19/h11-12,18H,6-9H2,1-4H3,(H,20,21). The monoisotopic (exact) mass is 316 g/mol. The molecule has 4 nitrogen and oxygen atoms in total. The minimum Gasteiger partial charge on any atom is -0.478 e. The fourth-order valence-electron chi connectivity index (χ4n) is 2.44. The number of hydrogen-bond acceptors (Lipinski definition) is 3. The van der Waals surface area contributed by atoms with Crippen LogP contribution in [0.25, 0.3) is 0 Å². The molecule has 1 heterocycles. The Balaban J connectivity index is 2.50. The smallest absolute Gasteiger partial charge is 0.335 e. The highest BCUT2D eigenvalue weighted by Crippen LogP contribution is 2.26. The third-order valence-corrected chi connectivity index (χ3v) is 4.53. The van der Waals surface area contributed by atoms with E-state index in [1.807, 2.05) is 6.92 Å². The summed E-state index contributed by atoms with van der Waals surface area (Å²) in [5.74, 6) is 2.34. The van der Waals surface area contributed by atoms with Crippen molar-refractivity contribution < 1.29 is 9.90 Å². The van der Waals surface area contributed by atoms with Gasteiger partial charge < -0.3 is 15.3 Å². The van der Waals surface area contributed by atoms with Gasteiger partial charge in [0.2, 0.25) is 0 Å². The first kappa shape index (κ1) is 16.6. The summed E-state index contributed by atoms with van der Waals surface area (Å²) < 4.78 is 0. The summed E-state index contributed by atoms with van der Waals surface area (Å²) in [5, 5.41) is 12.7. The van der Waals surface area contributed by atoms with Crippen molar-refractivity contribution in [2.75, 3.05) is 31.1 Å². The first-order valence-electron chi connectivity index (χ1n) is 7.65. The number of nitrogens with one attached hydrogen (secondary N) is 1. The zero-order valence-electron chi connectivity index (χ0n) is 13.8. The van der Waals surface area contributed by atoms with Crippen molar-refractivity contribution in [1.82, 2.24) is 5.32 Å². The van der Waals surface area contributed by atoms with Crippen LogP contribution in [0, 0.1) is 18.4 Å². The number of carboxylic acids is 1. The Bertz CT molecular complexity index is 633. The number of piperazine rings is 1. The van der Waals surface area contributed by atoms with Crippen LogP contribution in [0.4, 0.5) is 5.69 Å². The molecule has 1 aromatic carbocycles. The highest BCUT2D eigenvalue weighted by molar-refractivity contribution is 6.83. The van der Waals surface area contributed by atoms with Gasteiger partial charge >= 0.3 is 5.97 Å². The van der Waals surface area contributed by atoms with E-state index in [2.05, 4.69) is 41.3 Å². The van der Waals surface area contributed by atoms with Crippen molar-refractivity contribution in [2.45, 2.75) is 26.6 Å². The van der Waals surface area contributed by atoms with Crippen molar-refractivity contribution in [1.29, 1.82) is 0 Å². The maximum atomic E-state index is 11.4. The molecule has 2 rings (SSSR count). The minimum absolute atomic E-state index is 0.319. The van der Waals surface area contributed by atoms with Crippen LogP contribution in [0.1, 0.15) is 21.5 Å². The molecule has 0 atom stereocenters. The molecule has 0 spiro atoms. The SMILES string of the molecule is Cc1c(C#C[Si](C)(C)C)cc(C(=O)O)cc1N1CCNCC1. The van der Waals surface area contributed by atoms with Gasteiger partial charge in [-0.3, -0.25) is 0 Å². The average molecular weight is 316 g/mol. The highest BCUT2D eigenvalue weighted by atomic mass is 28.3. The van der Waals surface area contributed by atoms with E-state index in [1.165, 1.54) is 0 Å². The Kier molecular flexibility index (Phi) is 4.94. The van der Waals surface area contributed by atoms with E-state index in [0.717, 1.165) is 43.0 Å². The predicted molar refractivity (Wildman–Crippen MR) is 93.4 cm³/mol. The molecule has 118 valence electrons. The van der Waals surface area contributed by atoms with Crippen LogP contribution in [0.5, 0.6) is 0 Å². The number of anilines is 1. The van der Waals surface area contributed by atoms with Gasteiger partial charge in [-0.15, -0.1) is 5.54 Å². The maximum Gasteiger partial charge on any atom is 0.335 e. The maximum absolute atomic E-state index is 11.4. The van der Waals surface area contributed by atoms with Gasteiger partial charge in [-0.1, -0.05) is 25.6 Å². The van der Waals surface area contributed by atoms with Gasteiger partial charge in [0.15, 0.2) is 0 Å². The second-order valence-corrected chi connectivity index (χ2v) is 11.5. The molecule has 0 amide bonds. The number of benzene rings is 1. The van der Waals surface area contributed by atoms with Crippen molar-refractivity contribution in [3.63, 3.8) is 0 Å². The Morgan fingerprint density at radius 2 is 1.91 bits per heavy atom. The molecule has 1 aliphatic heterocycles. The molecule has 0 aliphatic carbocycles. The van der Waals surface area contributed by atoms with Gasteiger partial charge in [-0.05, 0) is 24.6 Å². The van der Waals surface area contributed by atoms with Crippen molar-refractivity contribution in [3.05, 3.63) is 28.8 Å². The van der Waals surface area contributed by atoms with Crippen LogP contribution in [0.2, 0.25) is 19.6 Å². The van der Waals surface area contributed by atoms with E-state index in [1.54, 1.807) is 12.1 Å². The van der Waals surface area contributed by atoms with Gasteiger partial charge in [-0.2, -0.15) is 0 Å². The number of rotatable bonds is 2. The average Bonchev–Trinajstić information content (AvgIpc) is 2.46. The quantitative estimate of drug-likeness (QED) is 0.649. The molecule has 1 aromatic rings. The molecular formula is C17H24N2O2Si. The second-order valence-electron chi connectivity index (χ2n) is 6.71. The number of hydrogen-bond donors (Lipinski definition) is 2. The molecule has 1 saturated heterocycles.